The summed E-state index contributed by atoms with van der Waals surface area (Å²) < 4.78 is 0. The molecule has 0 saturated carbocycles. The maximum Gasteiger partial charge on any atom is 2.00 e. The Morgan fingerprint density at radius 2 is 0.829 bits per heavy atom. The molecule has 0 aliphatic carbocycles. The Labute approximate surface area is 463 Å². The number of nitrogens with zero attached hydrogens (tertiary/aromatic N) is 7. The number of carboxylic acid groups (broad SMARTS) is 2. The van der Waals surface area contributed by atoms with Crippen LogP contribution in [-0.2, 0) is 68.5 Å². The minimum Gasteiger partial charge on any atom is -0.861 e. The summed E-state index contributed by atoms with van der Waals surface area (Å²) in [6, 6.07) is 53.6. The van der Waals surface area contributed by atoms with Gasteiger partial charge in [-0.25, -0.2) is 0 Å². The molecule has 0 N–H and O–H groups in total. The van der Waals surface area contributed by atoms with Crippen molar-refractivity contribution in [1.82, 2.24) is 14.8 Å². The molecule has 4 atom stereocenters. The molecule has 76 heavy (non-hydrogen) atoms. The van der Waals surface area contributed by atoms with E-state index in [1.165, 1.54) is 0 Å². The van der Waals surface area contributed by atoms with Gasteiger partial charge in [-0.1, -0.05) is 164 Å². The van der Waals surface area contributed by atoms with Crippen LogP contribution < -0.4 is 20.4 Å². The van der Waals surface area contributed by atoms with Gasteiger partial charge in [0.05, 0.1) is 46.8 Å². The number of carbonyl (C=O) groups excluding carboxylic acids is 2. The molecule has 6 aromatic carbocycles. The molecule has 3 heterocycles. The van der Waals surface area contributed by atoms with Crippen LogP contribution in [-0.4, -0.2) is 87.2 Å². The summed E-state index contributed by atoms with van der Waals surface area (Å²) >= 11 is 0. The fourth-order valence-corrected chi connectivity index (χ4v) is 9.77. The summed E-state index contributed by atoms with van der Waals surface area (Å²) in [5, 5.41) is 54.1. The van der Waals surface area contributed by atoms with Gasteiger partial charge in [0.1, 0.15) is 0 Å². The van der Waals surface area contributed by atoms with Crippen molar-refractivity contribution in [2.24, 2.45) is 20.0 Å². The smallest absolute Gasteiger partial charge is 0.861 e. The number of pyridine rings is 1. The van der Waals surface area contributed by atoms with Gasteiger partial charge in [-0.15, -0.1) is 0 Å². The number of benzene rings is 6. The largest absolute Gasteiger partial charge is 2.00 e. The Bertz CT molecular complexity index is 2950. The number of carbonyl (C=O) groups is 2. The first-order valence-corrected chi connectivity index (χ1v) is 25.1. The molecule has 15 heteroatoms. The summed E-state index contributed by atoms with van der Waals surface area (Å²) in [5.74, 6) is -3.48. The topological polar surface area (TPSA) is 195 Å². The molecule has 2 aliphatic rings. The molecule has 1 aromatic heterocycles. The van der Waals surface area contributed by atoms with Crippen LogP contribution in [0.1, 0.15) is 70.5 Å². The second-order valence-corrected chi connectivity index (χ2v) is 18.5. The number of para-hydroxylation sites is 2. The van der Waals surface area contributed by atoms with E-state index in [0.717, 1.165) is 37.1 Å². The van der Waals surface area contributed by atoms with Gasteiger partial charge in [-0.05, 0) is 86.0 Å². The van der Waals surface area contributed by atoms with E-state index in [-0.39, 0.29) is 57.6 Å². The number of aliphatic carboxylic acids is 2. The molecule has 0 radical (unpaired) electrons. The fourth-order valence-electron chi connectivity index (χ4n) is 9.77. The maximum absolute atomic E-state index is 14.0. The van der Waals surface area contributed by atoms with E-state index < -0.39 is 36.1 Å². The summed E-state index contributed by atoms with van der Waals surface area (Å²) in [6.07, 6.45) is 2.65. The van der Waals surface area contributed by atoms with Gasteiger partial charge in [0.2, 0.25) is 0 Å². The number of rotatable bonds is 20. The molecular formula is C61H55N7Ni2O6. The van der Waals surface area contributed by atoms with Gasteiger partial charge < -0.3 is 30.0 Å². The van der Waals surface area contributed by atoms with Crippen molar-refractivity contribution in [1.29, 1.82) is 0 Å². The van der Waals surface area contributed by atoms with Crippen molar-refractivity contribution >= 4 is 46.5 Å². The Hall–Kier alpha value is -7.40. The van der Waals surface area contributed by atoms with Gasteiger partial charge in [-0.2, -0.15) is 0 Å². The SMILES string of the molecule is O=C([O-])[C@H](Cc1cccc(C[C@H](N=C(c2ccccc2)c2ccccc2N=C([O-])[C@@H]2CCCN2Cc2ccccc2)C(=O)[O-])n1)N=C(c1ccccc1)c1ccccc1N=C([O-])[C@@H]1CCCN1Cc1ccccc1.[Ni+2].[Ni+2]. The predicted octanol–water partition coefficient (Wildman–Crippen LogP) is 5.58. The third-order valence-corrected chi connectivity index (χ3v) is 13.4. The molecular weight excluding hydrogens is 1040 g/mol. The van der Waals surface area contributed by atoms with Crippen LogP contribution in [0.5, 0.6) is 0 Å². The average Bonchev–Trinajstić information content (AvgIpc) is 4.10. The predicted molar refractivity (Wildman–Crippen MR) is 280 cm³/mol. The van der Waals surface area contributed by atoms with E-state index in [2.05, 4.69) is 19.8 Å². The van der Waals surface area contributed by atoms with Gasteiger partial charge in [0, 0.05) is 71.7 Å². The quantitative estimate of drug-likeness (QED) is 0.0532. The molecule has 13 nitrogen and oxygen atoms in total. The molecule has 7 aromatic rings. The van der Waals surface area contributed by atoms with Crippen molar-refractivity contribution in [3.05, 3.63) is 233 Å². The van der Waals surface area contributed by atoms with Crippen LogP contribution in [0.3, 0.4) is 0 Å². The van der Waals surface area contributed by atoms with E-state index in [1.807, 2.05) is 121 Å². The number of aliphatic imine (C=N–C) groups is 4. The average molecular weight is 1100 g/mol. The summed E-state index contributed by atoms with van der Waals surface area (Å²) in [7, 11) is 0. The monoisotopic (exact) mass is 1100 g/mol. The third-order valence-electron chi connectivity index (χ3n) is 13.4. The third kappa shape index (κ3) is 14.5. The number of likely N-dealkylation sites (tertiary alicyclic amines) is 2. The number of hydrogen-bond acceptors (Lipinski definition) is 13. The van der Waals surface area contributed by atoms with E-state index in [0.29, 0.717) is 82.4 Å². The molecule has 2 fully saturated rings. The zero-order chi connectivity index (χ0) is 51.2. The molecule has 0 unspecified atom stereocenters. The van der Waals surface area contributed by atoms with Crippen molar-refractivity contribution in [3.63, 3.8) is 0 Å². The van der Waals surface area contributed by atoms with E-state index in [9.17, 15) is 30.0 Å². The van der Waals surface area contributed by atoms with Gasteiger partial charge in [-0.3, -0.25) is 34.8 Å². The zero-order valence-electron chi connectivity index (χ0n) is 41.5. The van der Waals surface area contributed by atoms with Crippen LogP contribution in [0.2, 0.25) is 0 Å². The molecule has 9 rings (SSSR count). The van der Waals surface area contributed by atoms with Crippen LogP contribution in [0.25, 0.3) is 0 Å². The van der Waals surface area contributed by atoms with Gasteiger partial charge >= 0.3 is 33.0 Å². The van der Waals surface area contributed by atoms with Crippen molar-refractivity contribution in [3.8, 4) is 0 Å². The normalized spacial score (nSPS) is 17.3. The van der Waals surface area contributed by atoms with E-state index >= 15 is 0 Å². The Kier molecular flexibility index (Phi) is 20.3. The Morgan fingerprint density at radius 1 is 0.474 bits per heavy atom. The van der Waals surface area contributed by atoms with Crippen molar-refractivity contribution < 1.29 is 63.0 Å². The molecule has 390 valence electrons. The number of hydrogen-bond donors (Lipinski definition) is 0. The number of aromatic nitrogens is 1. The van der Waals surface area contributed by atoms with Crippen LogP contribution in [0.15, 0.2) is 208 Å². The molecule has 2 saturated heterocycles. The van der Waals surface area contributed by atoms with Crippen molar-refractivity contribution in [2.45, 2.75) is 75.8 Å². The first-order valence-electron chi connectivity index (χ1n) is 25.1. The standard InChI is InChI=1S/C61H59N7O6.2Ni/c69-58(54-34-18-36-67(54)40-42-20-5-1-6-21-42)65-50-32-15-13-30-48(50)56(44-24-9-3-10-25-44)63-52(60(71)72)38-46-28-17-29-47(62-46)39-53(61(73)74)64-57(45-26-11-4-12-27-45)49-31-14-16-33-51(49)66-59(70)55-35-19-37-68(55)41-43-22-7-2-8-23-43;;/h1-17,20-33,52-55H,18-19,34-41H2,(H,65,69)(H,66,70)(H,71,72)(H,73,74);;/q;2*+2/p-4/t52-,53-,54-,55-;;/m0../s1. The Morgan fingerprint density at radius 3 is 1.21 bits per heavy atom. The van der Waals surface area contributed by atoms with Gasteiger partial charge in [0.15, 0.2) is 0 Å². The zero-order valence-corrected chi connectivity index (χ0v) is 43.5. The first-order chi connectivity index (χ1) is 36.2. The van der Waals surface area contributed by atoms with Crippen molar-refractivity contribution in [2.75, 3.05) is 13.1 Å². The van der Waals surface area contributed by atoms with Gasteiger partial charge in [0.25, 0.3) is 0 Å². The number of carboxylic acids is 2. The van der Waals surface area contributed by atoms with E-state index in [1.54, 1.807) is 66.7 Å². The van der Waals surface area contributed by atoms with Crippen LogP contribution in [0, 0.1) is 0 Å². The minimum atomic E-state index is -1.46. The summed E-state index contributed by atoms with van der Waals surface area (Å²) in [5.41, 5.74) is 6.32. The minimum absolute atomic E-state index is 0. The fraction of sp³-hybridized carbons (Fsp3) is 0.230. The van der Waals surface area contributed by atoms with Crippen LogP contribution in [0.4, 0.5) is 11.4 Å². The summed E-state index contributed by atoms with van der Waals surface area (Å²) in [6.45, 7) is 2.77. The first kappa shape index (κ1) is 56.3. The molecule has 2 aliphatic heterocycles. The molecule has 0 spiro atoms. The van der Waals surface area contributed by atoms with Crippen LogP contribution >= 0.6 is 0 Å². The van der Waals surface area contributed by atoms with E-state index in [4.69, 9.17) is 15.0 Å². The maximum atomic E-state index is 14.0. The second-order valence-electron chi connectivity index (χ2n) is 18.5. The second kappa shape index (κ2) is 27.4. The molecule has 0 bridgehead atoms. The molecule has 0 amide bonds. The summed E-state index contributed by atoms with van der Waals surface area (Å²) in [4.78, 5) is 54.1. The Balaban J connectivity index is 0.00000420.